The van der Waals surface area contributed by atoms with Gasteiger partial charge in [-0.3, -0.25) is 0 Å². The van der Waals surface area contributed by atoms with E-state index in [9.17, 15) is 5.11 Å². The van der Waals surface area contributed by atoms with E-state index < -0.39 is 6.10 Å². The van der Waals surface area contributed by atoms with Gasteiger partial charge in [-0.25, -0.2) is 4.98 Å². The number of anilines is 2. The first kappa shape index (κ1) is 13.5. The van der Waals surface area contributed by atoms with Crippen molar-refractivity contribution in [3.05, 3.63) is 24.3 Å². The van der Waals surface area contributed by atoms with Crippen LogP contribution in [0.2, 0.25) is 0 Å². The number of benzene rings is 1. The summed E-state index contributed by atoms with van der Waals surface area (Å²) in [5, 5.41) is 10.7. The number of aliphatic hydroxyl groups excluding tert-OH is 1. The first-order chi connectivity index (χ1) is 9.11. The third-order valence-corrected chi connectivity index (χ3v) is 2.81. The van der Waals surface area contributed by atoms with Gasteiger partial charge >= 0.3 is 0 Å². The molecule has 0 spiro atoms. The molecule has 0 radical (unpaired) electrons. The molecule has 0 aliphatic rings. The summed E-state index contributed by atoms with van der Waals surface area (Å²) in [6.45, 7) is 0.692. The molecule has 19 heavy (non-hydrogen) atoms. The number of likely N-dealkylation sites (N-methyl/N-ethyl adjacent to an activating group) is 1. The Labute approximate surface area is 111 Å². The molecule has 0 fully saturated rings. The SMILES string of the molecule is COCC(O)CN(C)c1nc(N)nc2ccccc12. The maximum absolute atomic E-state index is 9.78. The molecule has 0 amide bonds. The molecule has 2 aromatic rings. The zero-order chi connectivity index (χ0) is 13.8. The number of rotatable bonds is 5. The average molecular weight is 262 g/mol. The molecule has 102 valence electrons. The number of nitrogen functional groups attached to an aromatic ring is 1. The minimum atomic E-state index is -0.579. The Morgan fingerprint density at radius 1 is 1.37 bits per heavy atom. The summed E-state index contributed by atoms with van der Waals surface area (Å²) in [4.78, 5) is 10.3. The van der Waals surface area contributed by atoms with E-state index in [0.717, 1.165) is 10.9 Å². The van der Waals surface area contributed by atoms with E-state index in [2.05, 4.69) is 9.97 Å². The van der Waals surface area contributed by atoms with Gasteiger partial charge in [0.1, 0.15) is 5.82 Å². The third-order valence-electron chi connectivity index (χ3n) is 2.81. The quantitative estimate of drug-likeness (QED) is 0.823. The topological polar surface area (TPSA) is 84.5 Å². The van der Waals surface area contributed by atoms with Crippen LogP contribution in [-0.4, -0.2) is 48.5 Å². The van der Waals surface area contributed by atoms with Gasteiger partial charge in [-0.2, -0.15) is 4.98 Å². The van der Waals surface area contributed by atoms with Crippen molar-refractivity contribution in [2.75, 3.05) is 37.9 Å². The Morgan fingerprint density at radius 2 is 2.11 bits per heavy atom. The summed E-state index contributed by atoms with van der Waals surface area (Å²) >= 11 is 0. The number of aromatic nitrogens is 2. The van der Waals surface area contributed by atoms with Crippen LogP contribution in [0.3, 0.4) is 0 Å². The predicted octanol–water partition coefficient (Wildman–Crippen LogP) is 0.655. The number of fused-ring (bicyclic) bond motifs is 1. The molecule has 2 rings (SSSR count). The molecular formula is C13H18N4O2. The van der Waals surface area contributed by atoms with Crippen LogP contribution < -0.4 is 10.6 Å². The van der Waals surface area contributed by atoms with Gasteiger partial charge in [-0.15, -0.1) is 0 Å². The molecular weight excluding hydrogens is 244 g/mol. The van der Waals surface area contributed by atoms with Crippen molar-refractivity contribution in [2.45, 2.75) is 6.10 Å². The van der Waals surface area contributed by atoms with Crippen molar-refractivity contribution in [3.63, 3.8) is 0 Å². The average Bonchev–Trinajstić information content (AvgIpc) is 2.37. The van der Waals surface area contributed by atoms with Crippen molar-refractivity contribution in [1.29, 1.82) is 0 Å². The molecule has 0 saturated heterocycles. The maximum atomic E-state index is 9.78. The maximum Gasteiger partial charge on any atom is 0.222 e. The molecule has 0 aliphatic heterocycles. The number of aliphatic hydroxyl groups is 1. The first-order valence-electron chi connectivity index (χ1n) is 6.02. The Kier molecular flexibility index (Phi) is 4.13. The lowest BCUT2D eigenvalue weighted by molar-refractivity contribution is 0.0694. The van der Waals surface area contributed by atoms with Crippen LogP contribution in [0.5, 0.6) is 0 Å². The largest absolute Gasteiger partial charge is 0.389 e. The standard InChI is InChI=1S/C13H18N4O2/c1-17(7-9(18)8-19-2)12-10-5-3-4-6-11(10)15-13(14)16-12/h3-6,9,18H,7-8H2,1-2H3,(H2,14,15,16). The van der Waals surface area contributed by atoms with E-state index >= 15 is 0 Å². The van der Waals surface area contributed by atoms with Gasteiger partial charge in [0.15, 0.2) is 0 Å². The number of ether oxygens (including phenoxy) is 1. The fraction of sp³-hybridized carbons (Fsp3) is 0.385. The third kappa shape index (κ3) is 3.10. The van der Waals surface area contributed by atoms with Gasteiger partial charge in [0.25, 0.3) is 0 Å². The van der Waals surface area contributed by atoms with E-state index in [-0.39, 0.29) is 12.6 Å². The van der Waals surface area contributed by atoms with Crippen molar-refractivity contribution in [2.24, 2.45) is 0 Å². The second-order valence-electron chi connectivity index (χ2n) is 4.41. The van der Waals surface area contributed by atoms with Crippen molar-refractivity contribution >= 4 is 22.7 Å². The van der Waals surface area contributed by atoms with Gasteiger partial charge in [-0.1, -0.05) is 12.1 Å². The Hall–Kier alpha value is -1.92. The van der Waals surface area contributed by atoms with E-state index in [1.165, 1.54) is 0 Å². The fourth-order valence-corrected chi connectivity index (χ4v) is 2.02. The van der Waals surface area contributed by atoms with Gasteiger partial charge in [0.05, 0.1) is 18.2 Å². The minimum Gasteiger partial charge on any atom is -0.389 e. The second-order valence-corrected chi connectivity index (χ2v) is 4.41. The van der Waals surface area contributed by atoms with Crippen LogP contribution in [0.1, 0.15) is 0 Å². The molecule has 1 aromatic heterocycles. The summed E-state index contributed by atoms with van der Waals surface area (Å²) in [6.07, 6.45) is -0.579. The lowest BCUT2D eigenvalue weighted by Gasteiger charge is -2.22. The highest BCUT2D eigenvalue weighted by molar-refractivity contribution is 5.90. The number of hydrogen-bond acceptors (Lipinski definition) is 6. The molecule has 3 N–H and O–H groups in total. The zero-order valence-corrected chi connectivity index (χ0v) is 11.1. The van der Waals surface area contributed by atoms with E-state index in [0.29, 0.717) is 12.4 Å². The number of nitrogens with two attached hydrogens (primary N) is 1. The normalized spacial score (nSPS) is 12.6. The number of methoxy groups -OCH3 is 1. The molecule has 0 aliphatic carbocycles. The van der Waals surface area contributed by atoms with Crippen LogP contribution >= 0.6 is 0 Å². The van der Waals surface area contributed by atoms with Gasteiger partial charge < -0.3 is 20.5 Å². The predicted molar refractivity (Wildman–Crippen MR) is 75.1 cm³/mol. The summed E-state index contributed by atoms with van der Waals surface area (Å²) in [7, 11) is 3.41. The molecule has 0 saturated carbocycles. The molecule has 1 unspecified atom stereocenters. The summed E-state index contributed by atoms with van der Waals surface area (Å²) in [5.41, 5.74) is 6.51. The van der Waals surface area contributed by atoms with E-state index in [1.807, 2.05) is 36.2 Å². The van der Waals surface area contributed by atoms with Crippen LogP contribution in [0.25, 0.3) is 10.9 Å². The zero-order valence-electron chi connectivity index (χ0n) is 11.1. The highest BCUT2D eigenvalue weighted by Gasteiger charge is 2.13. The smallest absolute Gasteiger partial charge is 0.222 e. The van der Waals surface area contributed by atoms with E-state index in [4.69, 9.17) is 10.5 Å². The number of para-hydroxylation sites is 1. The minimum absolute atomic E-state index is 0.224. The lowest BCUT2D eigenvalue weighted by atomic mass is 10.2. The molecule has 0 bridgehead atoms. The van der Waals surface area contributed by atoms with Crippen molar-refractivity contribution in [1.82, 2.24) is 9.97 Å². The first-order valence-corrected chi connectivity index (χ1v) is 6.02. The molecule has 1 aromatic carbocycles. The lowest BCUT2D eigenvalue weighted by Crippen LogP contribution is -2.32. The van der Waals surface area contributed by atoms with Gasteiger partial charge in [0.2, 0.25) is 5.95 Å². The summed E-state index contributed by atoms with van der Waals surface area (Å²) in [6, 6.07) is 7.64. The van der Waals surface area contributed by atoms with Crippen LogP contribution in [-0.2, 0) is 4.74 Å². The van der Waals surface area contributed by atoms with Crippen LogP contribution in [0.4, 0.5) is 11.8 Å². The van der Waals surface area contributed by atoms with E-state index in [1.54, 1.807) is 7.11 Å². The Morgan fingerprint density at radius 3 is 2.84 bits per heavy atom. The molecule has 6 nitrogen and oxygen atoms in total. The summed E-state index contributed by atoms with van der Waals surface area (Å²) in [5.74, 6) is 0.931. The second kappa shape index (κ2) is 5.81. The van der Waals surface area contributed by atoms with Crippen LogP contribution in [0, 0.1) is 0 Å². The molecule has 1 atom stereocenters. The Bertz CT molecular complexity index is 561. The Balaban J connectivity index is 2.33. The van der Waals surface area contributed by atoms with Gasteiger partial charge in [-0.05, 0) is 12.1 Å². The fourth-order valence-electron chi connectivity index (χ4n) is 2.02. The number of nitrogens with zero attached hydrogens (tertiary/aromatic N) is 3. The van der Waals surface area contributed by atoms with Gasteiger partial charge in [0, 0.05) is 26.1 Å². The van der Waals surface area contributed by atoms with Crippen LogP contribution in [0.15, 0.2) is 24.3 Å². The molecule has 1 heterocycles. The highest BCUT2D eigenvalue weighted by atomic mass is 16.5. The molecule has 6 heteroatoms. The monoisotopic (exact) mass is 262 g/mol. The highest BCUT2D eigenvalue weighted by Crippen LogP contribution is 2.23. The van der Waals surface area contributed by atoms with Crippen molar-refractivity contribution < 1.29 is 9.84 Å². The number of hydrogen-bond donors (Lipinski definition) is 2. The van der Waals surface area contributed by atoms with Crippen molar-refractivity contribution in [3.8, 4) is 0 Å². The summed E-state index contributed by atoms with van der Waals surface area (Å²) < 4.78 is 4.92.